The Morgan fingerprint density at radius 1 is 0.929 bits per heavy atom. The first kappa shape index (κ1) is 29.3. The Hall–Kier alpha value is -4.18. The molecule has 11 heteroatoms. The second kappa shape index (κ2) is 12.8. The molecule has 2 aromatic carbocycles. The number of amides is 2. The standard InChI is InChI=1S/C31H32ClFN4O5/c1-20(38)41-26-11-12-29(34-17-26)36-15-13-22(14-16-36)30(39)37-18-27(21-3-5-23(32)6-4-21)28(19-37)35(2)31(40)42-25-9-7-24(33)8-10-25/h3-12,17,22,27-28H,13-16,18-19H2,1-2H3. The number of hydrogen-bond donors (Lipinski definition) is 0. The molecule has 2 saturated heterocycles. The molecule has 5 rings (SSSR count). The first-order valence-corrected chi connectivity index (χ1v) is 14.2. The molecule has 42 heavy (non-hydrogen) atoms. The maximum atomic E-state index is 13.7. The molecule has 2 aliphatic rings. The van der Waals surface area contributed by atoms with Crippen molar-refractivity contribution in [2.45, 2.75) is 31.7 Å². The molecule has 0 saturated carbocycles. The van der Waals surface area contributed by atoms with Gasteiger partial charge in [-0.2, -0.15) is 0 Å². The van der Waals surface area contributed by atoms with E-state index in [1.807, 2.05) is 23.1 Å². The minimum Gasteiger partial charge on any atom is -0.425 e. The van der Waals surface area contributed by atoms with Crippen LogP contribution in [0.4, 0.5) is 15.0 Å². The van der Waals surface area contributed by atoms with Crippen LogP contribution in [0.2, 0.25) is 5.02 Å². The highest BCUT2D eigenvalue weighted by atomic mass is 35.5. The molecule has 2 aliphatic heterocycles. The monoisotopic (exact) mass is 594 g/mol. The van der Waals surface area contributed by atoms with Crippen LogP contribution in [0.3, 0.4) is 0 Å². The number of esters is 1. The average Bonchev–Trinajstić information content (AvgIpc) is 3.43. The maximum Gasteiger partial charge on any atom is 0.415 e. The number of rotatable bonds is 6. The van der Waals surface area contributed by atoms with Crippen LogP contribution in [0, 0.1) is 11.7 Å². The van der Waals surface area contributed by atoms with E-state index in [0.29, 0.717) is 49.8 Å². The third-order valence-electron chi connectivity index (χ3n) is 7.85. The molecule has 2 fully saturated rings. The van der Waals surface area contributed by atoms with Crippen LogP contribution >= 0.6 is 11.6 Å². The third kappa shape index (κ3) is 6.82. The summed E-state index contributed by atoms with van der Waals surface area (Å²) in [5.41, 5.74) is 0.972. The SMILES string of the molecule is CC(=O)Oc1ccc(N2CCC(C(=O)N3CC(c4ccc(Cl)cc4)C(N(C)C(=O)Oc4ccc(F)cc4)C3)CC2)nc1. The fourth-order valence-corrected chi connectivity index (χ4v) is 5.73. The van der Waals surface area contributed by atoms with E-state index in [-0.39, 0.29) is 29.5 Å². The van der Waals surface area contributed by atoms with Crippen LogP contribution in [0.1, 0.15) is 31.2 Å². The Morgan fingerprint density at radius 3 is 2.21 bits per heavy atom. The average molecular weight is 595 g/mol. The number of likely N-dealkylation sites (N-methyl/N-ethyl adjacent to an activating group) is 1. The number of piperidine rings is 1. The largest absolute Gasteiger partial charge is 0.425 e. The van der Waals surface area contributed by atoms with Crippen molar-refractivity contribution < 1.29 is 28.2 Å². The van der Waals surface area contributed by atoms with E-state index in [0.717, 1.165) is 11.4 Å². The van der Waals surface area contributed by atoms with Gasteiger partial charge in [-0.3, -0.25) is 9.59 Å². The zero-order valence-electron chi connectivity index (χ0n) is 23.4. The molecule has 1 aromatic heterocycles. The van der Waals surface area contributed by atoms with Crippen molar-refractivity contribution in [3.05, 3.63) is 83.3 Å². The summed E-state index contributed by atoms with van der Waals surface area (Å²) in [5.74, 6) is 0.347. The van der Waals surface area contributed by atoms with Crippen molar-refractivity contribution >= 4 is 35.4 Å². The number of pyridine rings is 1. The summed E-state index contributed by atoms with van der Waals surface area (Å²) in [5, 5.41) is 0.604. The number of aromatic nitrogens is 1. The number of carbonyl (C=O) groups excluding carboxylic acids is 3. The van der Waals surface area contributed by atoms with Gasteiger partial charge in [-0.1, -0.05) is 23.7 Å². The number of hydrogen-bond acceptors (Lipinski definition) is 7. The summed E-state index contributed by atoms with van der Waals surface area (Å²) in [6.45, 7) is 3.49. The van der Waals surface area contributed by atoms with Gasteiger partial charge in [-0.05, 0) is 66.9 Å². The fourth-order valence-electron chi connectivity index (χ4n) is 5.61. The number of benzene rings is 2. The van der Waals surface area contributed by atoms with Crippen LogP contribution in [0.25, 0.3) is 0 Å². The molecule has 2 amide bonds. The minimum atomic E-state index is -0.583. The van der Waals surface area contributed by atoms with Crippen LogP contribution in [0.5, 0.6) is 11.5 Å². The van der Waals surface area contributed by atoms with E-state index < -0.39 is 17.9 Å². The molecule has 0 aliphatic carbocycles. The van der Waals surface area contributed by atoms with E-state index >= 15 is 0 Å². The summed E-state index contributed by atoms with van der Waals surface area (Å²) in [4.78, 5) is 47.9. The highest BCUT2D eigenvalue weighted by molar-refractivity contribution is 6.30. The molecule has 0 bridgehead atoms. The third-order valence-corrected chi connectivity index (χ3v) is 8.11. The smallest absolute Gasteiger partial charge is 0.415 e. The van der Waals surface area contributed by atoms with Crippen molar-refractivity contribution in [3.8, 4) is 11.5 Å². The Kier molecular flexibility index (Phi) is 8.91. The highest BCUT2D eigenvalue weighted by Crippen LogP contribution is 2.34. The minimum absolute atomic E-state index is 0.0644. The number of ether oxygens (including phenoxy) is 2. The Bertz CT molecular complexity index is 1410. The lowest BCUT2D eigenvalue weighted by Crippen LogP contribution is -2.45. The van der Waals surface area contributed by atoms with Crippen LogP contribution in [-0.4, -0.2) is 72.0 Å². The van der Waals surface area contributed by atoms with Gasteiger partial charge in [0.1, 0.15) is 23.1 Å². The normalized spacial score (nSPS) is 19.0. The maximum absolute atomic E-state index is 13.7. The molecule has 0 spiro atoms. The van der Waals surface area contributed by atoms with E-state index in [4.69, 9.17) is 21.1 Å². The lowest BCUT2D eigenvalue weighted by molar-refractivity contribution is -0.135. The predicted octanol–water partition coefficient (Wildman–Crippen LogP) is 5.14. The molecule has 220 valence electrons. The highest BCUT2D eigenvalue weighted by Gasteiger charge is 2.42. The lowest BCUT2D eigenvalue weighted by atomic mass is 9.93. The predicted molar refractivity (Wildman–Crippen MR) is 155 cm³/mol. The summed E-state index contributed by atoms with van der Waals surface area (Å²) in [6, 6.07) is 15.9. The van der Waals surface area contributed by atoms with Crippen LogP contribution in [-0.2, 0) is 9.59 Å². The molecule has 3 aromatic rings. The van der Waals surface area contributed by atoms with Gasteiger partial charge in [0.15, 0.2) is 0 Å². The van der Waals surface area contributed by atoms with Gasteiger partial charge in [0.25, 0.3) is 0 Å². The molecule has 0 radical (unpaired) electrons. The summed E-state index contributed by atoms with van der Waals surface area (Å²) in [7, 11) is 1.66. The Morgan fingerprint density at radius 2 is 1.60 bits per heavy atom. The van der Waals surface area contributed by atoms with Gasteiger partial charge in [0.05, 0.1) is 12.2 Å². The Labute approximate surface area is 248 Å². The Balaban J connectivity index is 1.25. The van der Waals surface area contributed by atoms with Gasteiger partial charge in [0, 0.05) is 57.0 Å². The van der Waals surface area contributed by atoms with Crippen molar-refractivity contribution in [1.29, 1.82) is 0 Å². The number of likely N-dealkylation sites (tertiary alicyclic amines) is 1. The zero-order valence-corrected chi connectivity index (χ0v) is 24.2. The molecule has 3 heterocycles. The molecule has 2 unspecified atom stereocenters. The van der Waals surface area contributed by atoms with Crippen molar-refractivity contribution in [1.82, 2.24) is 14.8 Å². The van der Waals surface area contributed by atoms with E-state index in [9.17, 15) is 18.8 Å². The van der Waals surface area contributed by atoms with Crippen molar-refractivity contribution in [2.24, 2.45) is 5.92 Å². The van der Waals surface area contributed by atoms with E-state index in [1.54, 1.807) is 25.2 Å². The first-order chi connectivity index (χ1) is 20.2. The molecular weight excluding hydrogens is 563 g/mol. The quantitative estimate of drug-likeness (QED) is 0.365. The molecule has 9 nitrogen and oxygen atoms in total. The van der Waals surface area contributed by atoms with Gasteiger partial charge in [-0.15, -0.1) is 0 Å². The molecule has 0 N–H and O–H groups in total. The zero-order chi connectivity index (χ0) is 29.8. The lowest BCUT2D eigenvalue weighted by Gasteiger charge is -2.34. The molecule has 2 atom stereocenters. The van der Waals surface area contributed by atoms with Gasteiger partial charge in [-0.25, -0.2) is 14.2 Å². The second-order valence-corrected chi connectivity index (χ2v) is 11.0. The number of anilines is 1. The number of nitrogens with zero attached hydrogens (tertiary/aromatic N) is 4. The van der Waals surface area contributed by atoms with Crippen LogP contribution in [0.15, 0.2) is 66.9 Å². The van der Waals surface area contributed by atoms with Gasteiger partial charge in [0.2, 0.25) is 5.91 Å². The number of carbonyl (C=O) groups is 3. The summed E-state index contributed by atoms with van der Waals surface area (Å²) < 4.78 is 23.9. The van der Waals surface area contributed by atoms with Gasteiger partial charge < -0.3 is 24.2 Å². The van der Waals surface area contributed by atoms with E-state index in [2.05, 4.69) is 9.88 Å². The first-order valence-electron chi connectivity index (χ1n) is 13.8. The van der Waals surface area contributed by atoms with Crippen molar-refractivity contribution in [2.75, 3.05) is 38.1 Å². The molecular formula is C31H32ClFN4O5. The topological polar surface area (TPSA) is 92.3 Å². The number of halogens is 2. The summed E-state index contributed by atoms with van der Waals surface area (Å²) in [6.07, 6.45) is 2.27. The van der Waals surface area contributed by atoms with E-state index in [1.165, 1.54) is 42.3 Å². The second-order valence-electron chi connectivity index (χ2n) is 10.6. The fraction of sp³-hybridized carbons (Fsp3) is 0.355. The van der Waals surface area contributed by atoms with Crippen molar-refractivity contribution in [3.63, 3.8) is 0 Å². The summed E-state index contributed by atoms with van der Waals surface area (Å²) >= 11 is 6.13. The van der Waals surface area contributed by atoms with Crippen LogP contribution < -0.4 is 14.4 Å². The van der Waals surface area contributed by atoms with Gasteiger partial charge >= 0.3 is 12.1 Å².